The van der Waals surface area contributed by atoms with Crippen molar-refractivity contribution in [1.29, 1.82) is 0 Å². The Morgan fingerprint density at radius 2 is 1.84 bits per heavy atom. The molecule has 2 atom stereocenters. The normalized spacial score (nSPS) is 12.8. The molecule has 0 aliphatic heterocycles. The van der Waals surface area contributed by atoms with Crippen molar-refractivity contribution in [3.05, 3.63) is 106 Å². The number of aliphatic hydroxyl groups is 1. The maximum atomic E-state index is 13.8. The molecule has 4 rings (SSSR count). The Balaban J connectivity index is 1.46. The smallest absolute Gasteiger partial charge is 0.271 e. The molecule has 0 aliphatic rings. The second kappa shape index (κ2) is 12.6. The molecule has 2 aromatic carbocycles. The Morgan fingerprint density at radius 1 is 1.05 bits per heavy atom. The third-order valence-electron chi connectivity index (χ3n) is 5.89. The summed E-state index contributed by atoms with van der Waals surface area (Å²) in [4.78, 5) is 21.5. The standard InChI is InChI=1S/C28H28F2N4O2S/c1-2-18-5-3-6-19(9-18)14-32-16-26(35)24(12-20-10-22(29)13-23(30)11-20)33-27(36)25-17-37-28(34-25)21-7-4-8-31-15-21/h3-11,13,15,17,24,26,32,35H,2,12,14,16H2,1H3,(H,33,36)/t24-,26+/m0/s1. The van der Waals surface area contributed by atoms with Crippen LogP contribution in [0.4, 0.5) is 8.78 Å². The van der Waals surface area contributed by atoms with Crippen LogP contribution < -0.4 is 10.6 Å². The topological polar surface area (TPSA) is 87.1 Å². The molecular formula is C28H28F2N4O2S. The van der Waals surface area contributed by atoms with E-state index in [4.69, 9.17) is 0 Å². The van der Waals surface area contributed by atoms with Crippen molar-refractivity contribution in [2.75, 3.05) is 6.54 Å². The fraction of sp³-hybridized carbons (Fsp3) is 0.250. The average Bonchev–Trinajstić information content (AvgIpc) is 3.39. The number of aliphatic hydroxyl groups excluding tert-OH is 1. The van der Waals surface area contributed by atoms with Gasteiger partial charge in [-0.15, -0.1) is 11.3 Å². The van der Waals surface area contributed by atoms with E-state index in [9.17, 15) is 18.7 Å². The number of amides is 1. The third kappa shape index (κ3) is 7.48. The van der Waals surface area contributed by atoms with Crippen LogP contribution in [-0.2, 0) is 19.4 Å². The van der Waals surface area contributed by atoms with Gasteiger partial charge in [0.25, 0.3) is 5.91 Å². The first-order chi connectivity index (χ1) is 17.9. The molecule has 6 nitrogen and oxygen atoms in total. The van der Waals surface area contributed by atoms with Crippen molar-refractivity contribution in [2.24, 2.45) is 0 Å². The van der Waals surface area contributed by atoms with Crippen LogP contribution in [0.5, 0.6) is 0 Å². The zero-order valence-corrected chi connectivity index (χ0v) is 21.1. The van der Waals surface area contributed by atoms with E-state index < -0.39 is 29.7 Å². The van der Waals surface area contributed by atoms with Gasteiger partial charge in [0.2, 0.25) is 0 Å². The van der Waals surface area contributed by atoms with Gasteiger partial charge in [-0.05, 0) is 53.8 Å². The van der Waals surface area contributed by atoms with Crippen molar-refractivity contribution in [2.45, 2.75) is 38.5 Å². The molecule has 9 heteroatoms. The van der Waals surface area contributed by atoms with E-state index in [1.807, 2.05) is 18.2 Å². The predicted molar refractivity (Wildman–Crippen MR) is 140 cm³/mol. The summed E-state index contributed by atoms with van der Waals surface area (Å²) in [5.41, 5.74) is 3.59. The molecule has 0 spiro atoms. The van der Waals surface area contributed by atoms with Crippen LogP contribution >= 0.6 is 11.3 Å². The number of nitrogens with zero attached hydrogens (tertiary/aromatic N) is 2. The van der Waals surface area contributed by atoms with Crippen molar-refractivity contribution in [3.8, 4) is 10.6 Å². The van der Waals surface area contributed by atoms with Gasteiger partial charge in [-0.25, -0.2) is 13.8 Å². The lowest BCUT2D eigenvalue weighted by Crippen LogP contribution is -2.48. The Morgan fingerprint density at radius 3 is 2.57 bits per heavy atom. The number of aryl methyl sites for hydroxylation is 1. The molecule has 0 aliphatic carbocycles. The lowest BCUT2D eigenvalue weighted by atomic mass is 10.00. The van der Waals surface area contributed by atoms with Crippen LogP contribution in [0.25, 0.3) is 10.6 Å². The van der Waals surface area contributed by atoms with Gasteiger partial charge in [-0.2, -0.15) is 0 Å². The number of aromatic nitrogens is 2. The third-order valence-corrected chi connectivity index (χ3v) is 6.78. The molecule has 3 N–H and O–H groups in total. The number of benzene rings is 2. The van der Waals surface area contributed by atoms with Crippen molar-refractivity contribution >= 4 is 17.2 Å². The molecule has 0 fully saturated rings. The predicted octanol–water partition coefficient (Wildman–Crippen LogP) is 4.54. The fourth-order valence-electron chi connectivity index (χ4n) is 3.97. The summed E-state index contributed by atoms with van der Waals surface area (Å²) in [6, 6.07) is 14.1. The summed E-state index contributed by atoms with van der Waals surface area (Å²) >= 11 is 1.30. The Hall–Kier alpha value is -3.53. The highest BCUT2D eigenvalue weighted by Gasteiger charge is 2.24. The fourth-order valence-corrected chi connectivity index (χ4v) is 4.77. The first kappa shape index (κ1) is 26.5. The summed E-state index contributed by atoms with van der Waals surface area (Å²) in [6.45, 7) is 2.78. The average molecular weight is 523 g/mol. The minimum absolute atomic E-state index is 0.0359. The number of carbonyl (C=O) groups excluding carboxylic acids is 1. The lowest BCUT2D eigenvalue weighted by Gasteiger charge is -2.24. The van der Waals surface area contributed by atoms with Gasteiger partial charge in [0.05, 0.1) is 12.1 Å². The van der Waals surface area contributed by atoms with E-state index in [1.165, 1.54) is 29.0 Å². The summed E-state index contributed by atoms with van der Waals surface area (Å²) in [7, 11) is 0. The molecule has 0 unspecified atom stereocenters. The van der Waals surface area contributed by atoms with Gasteiger partial charge in [0, 0.05) is 42.5 Å². The number of carbonyl (C=O) groups is 1. The Labute approximate surface area is 218 Å². The highest BCUT2D eigenvalue weighted by atomic mass is 32.1. The maximum absolute atomic E-state index is 13.8. The van der Waals surface area contributed by atoms with Gasteiger partial charge in [0.1, 0.15) is 22.3 Å². The molecule has 192 valence electrons. The van der Waals surface area contributed by atoms with E-state index in [0.29, 0.717) is 17.1 Å². The molecule has 2 heterocycles. The van der Waals surface area contributed by atoms with E-state index >= 15 is 0 Å². The van der Waals surface area contributed by atoms with Gasteiger partial charge in [0.15, 0.2) is 0 Å². The molecule has 2 aromatic heterocycles. The first-order valence-corrected chi connectivity index (χ1v) is 12.9. The number of thiazole rings is 1. The summed E-state index contributed by atoms with van der Waals surface area (Å²) in [5.74, 6) is -1.92. The van der Waals surface area contributed by atoms with Gasteiger partial charge in [-0.1, -0.05) is 31.2 Å². The number of halogens is 2. The summed E-state index contributed by atoms with van der Waals surface area (Å²) in [6.07, 6.45) is 3.25. The zero-order valence-electron chi connectivity index (χ0n) is 20.3. The number of pyridine rings is 1. The van der Waals surface area contributed by atoms with Crippen LogP contribution in [0.2, 0.25) is 0 Å². The Kier molecular flexibility index (Phi) is 9.05. The van der Waals surface area contributed by atoms with Gasteiger partial charge >= 0.3 is 0 Å². The van der Waals surface area contributed by atoms with Crippen LogP contribution in [-0.4, -0.2) is 39.7 Å². The molecular weight excluding hydrogens is 494 g/mol. The minimum Gasteiger partial charge on any atom is -0.390 e. The van der Waals surface area contributed by atoms with Crippen LogP contribution in [0, 0.1) is 11.6 Å². The van der Waals surface area contributed by atoms with E-state index in [2.05, 4.69) is 39.7 Å². The highest BCUT2D eigenvalue weighted by Crippen LogP contribution is 2.23. The molecule has 0 bridgehead atoms. The second-order valence-corrected chi connectivity index (χ2v) is 9.57. The molecule has 37 heavy (non-hydrogen) atoms. The first-order valence-electron chi connectivity index (χ1n) is 12.0. The van der Waals surface area contributed by atoms with Crippen molar-refractivity contribution in [3.63, 3.8) is 0 Å². The number of nitrogens with one attached hydrogen (secondary N) is 2. The number of rotatable bonds is 11. The van der Waals surface area contributed by atoms with Gasteiger partial charge < -0.3 is 15.7 Å². The molecule has 1 amide bonds. The monoisotopic (exact) mass is 522 g/mol. The zero-order chi connectivity index (χ0) is 26.2. The Bertz CT molecular complexity index is 1310. The molecule has 0 saturated heterocycles. The van der Waals surface area contributed by atoms with Crippen molar-refractivity contribution < 1.29 is 18.7 Å². The van der Waals surface area contributed by atoms with E-state index in [0.717, 1.165) is 23.6 Å². The largest absolute Gasteiger partial charge is 0.390 e. The van der Waals surface area contributed by atoms with Crippen molar-refractivity contribution in [1.82, 2.24) is 20.6 Å². The summed E-state index contributed by atoms with van der Waals surface area (Å²) in [5, 5.41) is 19.3. The SMILES string of the molecule is CCc1cccc(CNC[C@@H](O)[C@H](Cc2cc(F)cc(F)c2)NC(=O)c2csc(-c3cccnc3)n2)c1. The summed E-state index contributed by atoms with van der Waals surface area (Å²) < 4.78 is 27.6. The number of hydrogen-bond donors (Lipinski definition) is 3. The molecule has 0 radical (unpaired) electrons. The van der Waals surface area contributed by atoms with E-state index in [1.54, 1.807) is 23.8 Å². The quantitative estimate of drug-likeness (QED) is 0.269. The van der Waals surface area contributed by atoms with E-state index in [-0.39, 0.29) is 18.7 Å². The van der Waals surface area contributed by atoms with Crippen LogP contribution in [0.15, 0.2) is 72.4 Å². The van der Waals surface area contributed by atoms with Gasteiger partial charge in [-0.3, -0.25) is 9.78 Å². The molecule has 0 saturated carbocycles. The maximum Gasteiger partial charge on any atom is 0.271 e. The van der Waals surface area contributed by atoms with Crippen LogP contribution in [0.1, 0.15) is 34.1 Å². The minimum atomic E-state index is -1.03. The molecule has 4 aromatic rings. The van der Waals surface area contributed by atoms with Crippen LogP contribution in [0.3, 0.4) is 0 Å². The lowest BCUT2D eigenvalue weighted by molar-refractivity contribution is 0.0826. The number of hydrogen-bond acceptors (Lipinski definition) is 6. The highest BCUT2D eigenvalue weighted by molar-refractivity contribution is 7.13. The second-order valence-electron chi connectivity index (χ2n) is 8.71.